The molecular weight excluding hydrogens is 390 g/mol. The number of hydrogen-bond donors (Lipinski definition) is 2. The normalized spacial score (nSPS) is 14.4. The van der Waals surface area contributed by atoms with Crippen LogP contribution in [-0.2, 0) is 12.8 Å². The van der Waals surface area contributed by atoms with E-state index in [1.54, 1.807) is 0 Å². The highest BCUT2D eigenvalue weighted by Crippen LogP contribution is 2.40. The van der Waals surface area contributed by atoms with Crippen LogP contribution in [-0.4, -0.2) is 10.6 Å². The van der Waals surface area contributed by atoms with Gasteiger partial charge in [-0.1, -0.05) is 17.7 Å². The number of carbonyl (C=O) groups excluding carboxylic acids is 1. The first-order chi connectivity index (χ1) is 13.5. The zero-order chi connectivity index (χ0) is 19.7. The third kappa shape index (κ3) is 3.69. The molecule has 6 heteroatoms. The third-order valence-corrected chi connectivity index (χ3v) is 7.06. The van der Waals surface area contributed by atoms with Crippen LogP contribution in [0.4, 0.5) is 10.5 Å². The molecule has 0 bridgehead atoms. The van der Waals surface area contributed by atoms with Gasteiger partial charge in [-0.25, -0.2) is 4.79 Å². The maximum absolute atomic E-state index is 12.7. The number of urea groups is 1. The fraction of sp³-hybridized carbons (Fsp3) is 0.318. The van der Waals surface area contributed by atoms with Crippen molar-refractivity contribution in [1.82, 2.24) is 9.88 Å². The smallest absolute Gasteiger partial charge is 0.319 e. The van der Waals surface area contributed by atoms with Gasteiger partial charge in [-0.15, -0.1) is 11.3 Å². The maximum Gasteiger partial charge on any atom is 0.319 e. The van der Waals surface area contributed by atoms with Crippen LogP contribution in [0.1, 0.15) is 47.4 Å². The second-order valence-corrected chi connectivity index (χ2v) is 8.74. The number of fused-ring (bicyclic) bond motifs is 1. The van der Waals surface area contributed by atoms with E-state index >= 15 is 0 Å². The first-order valence-corrected chi connectivity index (χ1v) is 10.8. The van der Waals surface area contributed by atoms with Crippen LogP contribution in [0.3, 0.4) is 0 Å². The van der Waals surface area contributed by atoms with Gasteiger partial charge in [0.15, 0.2) is 0 Å². The molecule has 2 heterocycles. The summed E-state index contributed by atoms with van der Waals surface area (Å²) in [6.45, 7) is 3.97. The number of rotatable bonds is 4. The van der Waals surface area contributed by atoms with Crippen molar-refractivity contribution in [2.45, 2.75) is 45.6 Å². The summed E-state index contributed by atoms with van der Waals surface area (Å²) in [4.78, 5) is 14.1. The lowest BCUT2D eigenvalue weighted by Crippen LogP contribution is -2.32. The molecule has 0 saturated carbocycles. The summed E-state index contributed by atoms with van der Waals surface area (Å²) in [6.07, 6.45) is 8.82. The summed E-state index contributed by atoms with van der Waals surface area (Å²) in [5.41, 5.74) is 4.27. The van der Waals surface area contributed by atoms with Gasteiger partial charge in [0, 0.05) is 33.5 Å². The monoisotopic (exact) mass is 413 g/mol. The number of aryl methyl sites for hydroxylation is 1. The van der Waals surface area contributed by atoms with E-state index < -0.39 is 0 Å². The predicted octanol–water partition coefficient (Wildman–Crippen LogP) is 6.26. The molecular formula is C22H24ClN3OS. The van der Waals surface area contributed by atoms with E-state index in [-0.39, 0.29) is 12.1 Å². The highest BCUT2D eigenvalue weighted by molar-refractivity contribution is 7.15. The predicted molar refractivity (Wildman–Crippen MR) is 117 cm³/mol. The first kappa shape index (κ1) is 19.1. The van der Waals surface area contributed by atoms with E-state index in [0.29, 0.717) is 5.02 Å². The third-order valence-electron chi connectivity index (χ3n) is 5.33. The molecule has 3 aromatic rings. The standard InChI is InChI=1S/C22H24ClN3OS/c1-14-17(23)9-7-10-18(14)25-22(27)24-15(2)20-16-8-3-4-11-19(16)28-21(20)26-12-5-6-13-26/h5-7,9-10,12-13,15H,3-4,8,11H2,1-2H3,(H2,24,25,27)/t15-/m1/s1. The van der Waals surface area contributed by atoms with Gasteiger partial charge in [0.25, 0.3) is 0 Å². The van der Waals surface area contributed by atoms with Crippen molar-refractivity contribution in [2.75, 3.05) is 5.32 Å². The molecule has 146 valence electrons. The Hall–Kier alpha value is -2.24. The van der Waals surface area contributed by atoms with Crippen molar-refractivity contribution in [3.8, 4) is 5.00 Å². The van der Waals surface area contributed by atoms with Gasteiger partial charge in [0.05, 0.1) is 6.04 Å². The molecule has 28 heavy (non-hydrogen) atoms. The van der Waals surface area contributed by atoms with Gasteiger partial charge < -0.3 is 15.2 Å². The molecule has 2 amide bonds. The quantitative estimate of drug-likeness (QED) is 0.520. The minimum atomic E-state index is -0.216. The van der Waals surface area contributed by atoms with Crippen LogP contribution < -0.4 is 10.6 Å². The van der Waals surface area contributed by atoms with Crippen molar-refractivity contribution in [3.63, 3.8) is 0 Å². The molecule has 4 nitrogen and oxygen atoms in total. The number of anilines is 1. The molecule has 0 saturated heterocycles. The topological polar surface area (TPSA) is 46.1 Å². The van der Waals surface area contributed by atoms with Crippen LogP contribution >= 0.6 is 22.9 Å². The Labute approximate surface area is 174 Å². The van der Waals surface area contributed by atoms with E-state index in [9.17, 15) is 4.79 Å². The van der Waals surface area contributed by atoms with Gasteiger partial charge in [0.2, 0.25) is 0 Å². The zero-order valence-electron chi connectivity index (χ0n) is 16.1. The zero-order valence-corrected chi connectivity index (χ0v) is 17.7. The Balaban J connectivity index is 1.59. The second kappa shape index (κ2) is 8.02. The maximum atomic E-state index is 12.7. The minimum Gasteiger partial charge on any atom is -0.331 e. The number of benzene rings is 1. The van der Waals surface area contributed by atoms with Gasteiger partial charge in [-0.3, -0.25) is 0 Å². The molecule has 0 unspecified atom stereocenters. The largest absolute Gasteiger partial charge is 0.331 e. The summed E-state index contributed by atoms with van der Waals surface area (Å²) in [7, 11) is 0. The average Bonchev–Trinajstić information content (AvgIpc) is 3.32. The molecule has 0 fully saturated rings. The molecule has 1 aliphatic carbocycles. The molecule has 1 aromatic carbocycles. The Morgan fingerprint density at radius 1 is 1.18 bits per heavy atom. The molecule has 2 aromatic heterocycles. The summed E-state index contributed by atoms with van der Waals surface area (Å²) in [5.74, 6) is 0. The summed E-state index contributed by atoms with van der Waals surface area (Å²) in [5, 5.41) is 7.93. The minimum absolute atomic E-state index is 0.0880. The van der Waals surface area contributed by atoms with Crippen LogP contribution in [0.25, 0.3) is 5.00 Å². The van der Waals surface area contributed by atoms with E-state index in [1.165, 1.54) is 33.8 Å². The highest BCUT2D eigenvalue weighted by atomic mass is 35.5. The second-order valence-electron chi connectivity index (χ2n) is 7.25. The van der Waals surface area contributed by atoms with Crippen molar-refractivity contribution in [3.05, 3.63) is 69.3 Å². The van der Waals surface area contributed by atoms with Gasteiger partial charge in [-0.2, -0.15) is 0 Å². The van der Waals surface area contributed by atoms with Crippen molar-refractivity contribution < 1.29 is 4.79 Å². The van der Waals surface area contributed by atoms with Crippen molar-refractivity contribution >= 4 is 34.7 Å². The lowest BCUT2D eigenvalue weighted by Gasteiger charge is -2.20. The Morgan fingerprint density at radius 2 is 1.93 bits per heavy atom. The van der Waals surface area contributed by atoms with Crippen LogP contribution in [0, 0.1) is 6.92 Å². The Bertz CT molecular complexity index is 994. The lowest BCUT2D eigenvalue weighted by atomic mass is 9.93. The number of hydrogen-bond acceptors (Lipinski definition) is 2. The SMILES string of the molecule is Cc1c(Cl)cccc1NC(=O)N[C@H](C)c1c(-n2cccc2)sc2c1CCCC2. The van der Waals surface area contributed by atoms with Gasteiger partial charge >= 0.3 is 6.03 Å². The van der Waals surface area contributed by atoms with E-state index in [2.05, 4.69) is 34.5 Å². The number of halogens is 1. The van der Waals surface area contributed by atoms with Crippen LogP contribution in [0.2, 0.25) is 5.02 Å². The van der Waals surface area contributed by atoms with Crippen LogP contribution in [0.5, 0.6) is 0 Å². The summed E-state index contributed by atoms with van der Waals surface area (Å²) >= 11 is 8.03. The molecule has 0 spiro atoms. The van der Waals surface area contributed by atoms with Crippen molar-refractivity contribution in [2.24, 2.45) is 0 Å². The van der Waals surface area contributed by atoms with E-state index in [1.807, 2.05) is 48.6 Å². The molecule has 2 N–H and O–H groups in total. The number of nitrogens with one attached hydrogen (secondary N) is 2. The number of nitrogens with zero attached hydrogens (tertiary/aromatic N) is 1. The molecule has 4 rings (SSSR count). The fourth-order valence-electron chi connectivity index (χ4n) is 3.85. The van der Waals surface area contributed by atoms with E-state index in [0.717, 1.165) is 24.1 Å². The average molecular weight is 414 g/mol. The Kier molecular flexibility index (Phi) is 5.47. The first-order valence-electron chi connectivity index (χ1n) is 9.65. The van der Waals surface area contributed by atoms with Crippen molar-refractivity contribution in [1.29, 1.82) is 0 Å². The van der Waals surface area contributed by atoms with Crippen LogP contribution in [0.15, 0.2) is 42.7 Å². The fourth-order valence-corrected chi connectivity index (χ4v) is 5.48. The van der Waals surface area contributed by atoms with Gasteiger partial charge in [-0.05, 0) is 74.9 Å². The lowest BCUT2D eigenvalue weighted by molar-refractivity contribution is 0.249. The number of carbonyl (C=O) groups is 1. The Morgan fingerprint density at radius 3 is 2.71 bits per heavy atom. The summed E-state index contributed by atoms with van der Waals surface area (Å²) in [6, 6.07) is 9.30. The number of aromatic nitrogens is 1. The molecule has 1 aliphatic rings. The number of thiophene rings is 1. The van der Waals surface area contributed by atoms with Gasteiger partial charge in [0.1, 0.15) is 5.00 Å². The van der Waals surface area contributed by atoms with E-state index in [4.69, 9.17) is 11.6 Å². The molecule has 0 radical (unpaired) electrons. The number of amides is 2. The summed E-state index contributed by atoms with van der Waals surface area (Å²) < 4.78 is 2.16. The molecule has 0 aliphatic heterocycles. The molecule has 1 atom stereocenters. The highest BCUT2D eigenvalue weighted by Gasteiger charge is 2.26.